The summed E-state index contributed by atoms with van der Waals surface area (Å²) in [6, 6.07) is 10.2. The van der Waals surface area contributed by atoms with Crippen molar-refractivity contribution < 1.29 is 9.47 Å². The molecule has 156 valence electrons. The highest BCUT2D eigenvalue weighted by Gasteiger charge is 2.34. The lowest BCUT2D eigenvalue weighted by atomic mass is 9.83. The first kappa shape index (κ1) is 21.0. The molecule has 1 saturated carbocycles. The second-order valence-corrected chi connectivity index (χ2v) is 8.17. The van der Waals surface area contributed by atoms with Gasteiger partial charge in [0, 0.05) is 52.7 Å². The van der Waals surface area contributed by atoms with Crippen LogP contribution in [0, 0.1) is 5.41 Å². The van der Waals surface area contributed by atoms with E-state index in [0.29, 0.717) is 11.5 Å². The number of hydrogen-bond acceptors (Lipinski definition) is 3. The van der Waals surface area contributed by atoms with Crippen molar-refractivity contribution in [2.45, 2.75) is 58.0 Å². The molecule has 0 aromatic heterocycles. The van der Waals surface area contributed by atoms with E-state index in [-0.39, 0.29) is 0 Å². The zero-order valence-electron chi connectivity index (χ0n) is 17.7. The molecular formula is C23H37N3O2. The summed E-state index contributed by atoms with van der Waals surface area (Å²) < 4.78 is 11.8. The van der Waals surface area contributed by atoms with Crippen LogP contribution in [-0.2, 0) is 4.74 Å². The summed E-state index contributed by atoms with van der Waals surface area (Å²) in [6.45, 7) is 6.75. The summed E-state index contributed by atoms with van der Waals surface area (Å²) in [7, 11) is 1.90. The van der Waals surface area contributed by atoms with Crippen LogP contribution in [0.1, 0.15) is 51.9 Å². The van der Waals surface area contributed by atoms with Crippen LogP contribution in [0.4, 0.5) is 0 Å². The van der Waals surface area contributed by atoms with Gasteiger partial charge in [-0.15, -0.1) is 0 Å². The fourth-order valence-electron chi connectivity index (χ4n) is 4.55. The molecule has 0 amide bonds. The Morgan fingerprint density at radius 1 is 1.18 bits per heavy atom. The SMILES string of the molecule is CCOCCC1(CNC(=NC)N2CCC(Oc3ccccc3)CC2)CCCC1. The van der Waals surface area contributed by atoms with E-state index in [1.165, 1.54) is 25.7 Å². The first-order valence-corrected chi connectivity index (χ1v) is 11.0. The van der Waals surface area contributed by atoms with Crippen LogP contribution in [0.15, 0.2) is 35.3 Å². The number of ether oxygens (including phenoxy) is 2. The molecule has 0 radical (unpaired) electrons. The van der Waals surface area contributed by atoms with Gasteiger partial charge in [-0.1, -0.05) is 31.0 Å². The summed E-state index contributed by atoms with van der Waals surface area (Å²) >= 11 is 0. The standard InChI is InChI=1S/C23H37N3O2/c1-3-27-18-15-23(13-7-8-14-23)19-25-22(24-2)26-16-11-21(12-17-26)28-20-9-5-4-6-10-20/h4-6,9-10,21H,3,7-8,11-19H2,1-2H3,(H,24,25). The van der Waals surface area contributed by atoms with E-state index in [4.69, 9.17) is 9.47 Å². The zero-order chi connectivity index (χ0) is 19.7. The van der Waals surface area contributed by atoms with E-state index in [2.05, 4.69) is 22.1 Å². The minimum Gasteiger partial charge on any atom is -0.490 e. The Morgan fingerprint density at radius 3 is 2.54 bits per heavy atom. The molecule has 1 aromatic rings. The average molecular weight is 388 g/mol. The van der Waals surface area contributed by atoms with E-state index in [1.54, 1.807) is 0 Å². The van der Waals surface area contributed by atoms with Crippen molar-refractivity contribution in [2.24, 2.45) is 10.4 Å². The molecule has 5 nitrogen and oxygen atoms in total. The molecule has 1 aliphatic heterocycles. The fourth-order valence-corrected chi connectivity index (χ4v) is 4.55. The van der Waals surface area contributed by atoms with Crippen LogP contribution in [0.3, 0.4) is 0 Å². The van der Waals surface area contributed by atoms with Crippen LogP contribution in [0.5, 0.6) is 5.75 Å². The third-order valence-electron chi connectivity index (χ3n) is 6.27. The van der Waals surface area contributed by atoms with Crippen molar-refractivity contribution in [3.8, 4) is 5.75 Å². The van der Waals surface area contributed by atoms with Crippen molar-refractivity contribution in [3.63, 3.8) is 0 Å². The van der Waals surface area contributed by atoms with E-state index in [0.717, 1.165) is 63.8 Å². The molecule has 28 heavy (non-hydrogen) atoms. The quantitative estimate of drug-likeness (QED) is 0.415. The summed E-state index contributed by atoms with van der Waals surface area (Å²) in [5.74, 6) is 2.02. The number of rotatable bonds is 8. The minimum absolute atomic E-state index is 0.295. The molecule has 2 fully saturated rings. The summed E-state index contributed by atoms with van der Waals surface area (Å²) in [6.07, 6.45) is 8.80. The van der Waals surface area contributed by atoms with Crippen molar-refractivity contribution in [1.29, 1.82) is 0 Å². The van der Waals surface area contributed by atoms with E-state index in [1.807, 2.05) is 37.4 Å². The Morgan fingerprint density at radius 2 is 1.89 bits per heavy atom. The monoisotopic (exact) mass is 387 g/mol. The average Bonchev–Trinajstić information content (AvgIpc) is 3.20. The molecule has 3 rings (SSSR count). The Balaban J connectivity index is 1.46. The van der Waals surface area contributed by atoms with Gasteiger partial charge in [-0.3, -0.25) is 4.99 Å². The van der Waals surface area contributed by atoms with Gasteiger partial charge >= 0.3 is 0 Å². The number of hydrogen-bond donors (Lipinski definition) is 1. The lowest BCUT2D eigenvalue weighted by Gasteiger charge is -2.36. The maximum Gasteiger partial charge on any atom is 0.193 e. The van der Waals surface area contributed by atoms with Crippen LogP contribution in [0.25, 0.3) is 0 Å². The number of piperidine rings is 1. The van der Waals surface area contributed by atoms with Gasteiger partial charge in [0.1, 0.15) is 11.9 Å². The van der Waals surface area contributed by atoms with Crippen LogP contribution < -0.4 is 10.1 Å². The second kappa shape index (κ2) is 10.7. The largest absolute Gasteiger partial charge is 0.490 e. The maximum atomic E-state index is 6.13. The minimum atomic E-state index is 0.295. The van der Waals surface area contributed by atoms with Gasteiger partial charge in [-0.05, 0) is 43.7 Å². The molecule has 1 aromatic carbocycles. The normalized spacial score (nSPS) is 20.4. The van der Waals surface area contributed by atoms with E-state index < -0.39 is 0 Å². The topological polar surface area (TPSA) is 46.1 Å². The van der Waals surface area contributed by atoms with Crippen molar-refractivity contribution in [2.75, 3.05) is 39.9 Å². The van der Waals surface area contributed by atoms with Gasteiger partial charge in [-0.25, -0.2) is 0 Å². The van der Waals surface area contributed by atoms with E-state index >= 15 is 0 Å². The Hall–Kier alpha value is -1.75. The molecule has 0 unspecified atom stereocenters. The van der Waals surface area contributed by atoms with Crippen LogP contribution in [-0.4, -0.2) is 56.9 Å². The molecule has 1 heterocycles. The Kier molecular flexibility index (Phi) is 8.01. The Labute approximate surface area is 170 Å². The van der Waals surface area contributed by atoms with Crippen molar-refractivity contribution in [1.82, 2.24) is 10.2 Å². The summed E-state index contributed by atoms with van der Waals surface area (Å²) in [5, 5.41) is 3.69. The van der Waals surface area contributed by atoms with Crippen molar-refractivity contribution in [3.05, 3.63) is 30.3 Å². The van der Waals surface area contributed by atoms with E-state index in [9.17, 15) is 0 Å². The highest BCUT2D eigenvalue weighted by molar-refractivity contribution is 5.80. The number of likely N-dealkylation sites (tertiary alicyclic amines) is 1. The second-order valence-electron chi connectivity index (χ2n) is 8.17. The lowest BCUT2D eigenvalue weighted by molar-refractivity contribution is 0.103. The van der Waals surface area contributed by atoms with Gasteiger partial charge in [-0.2, -0.15) is 0 Å². The van der Waals surface area contributed by atoms with Gasteiger partial charge in [0.2, 0.25) is 0 Å². The summed E-state index contributed by atoms with van der Waals surface area (Å²) in [4.78, 5) is 6.95. The highest BCUT2D eigenvalue weighted by Crippen LogP contribution is 2.40. The summed E-state index contributed by atoms with van der Waals surface area (Å²) in [5.41, 5.74) is 0.375. The van der Waals surface area contributed by atoms with Crippen molar-refractivity contribution >= 4 is 5.96 Å². The molecule has 1 N–H and O–H groups in total. The molecule has 0 bridgehead atoms. The first-order valence-electron chi connectivity index (χ1n) is 11.0. The molecule has 0 atom stereocenters. The number of nitrogens with one attached hydrogen (secondary N) is 1. The predicted molar refractivity (Wildman–Crippen MR) is 115 cm³/mol. The van der Waals surface area contributed by atoms with Gasteiger partial charge in [0.15, 0.2) is 5.96 Å². The van der Waals surface area contributed by atoms with Crippen LogP contribution in [0.2, 0.25) is 0 Å². The predicted octanol–water partition coefficient (Wildman–Crippen LogP) is 4.09. The lowest BCUT2D eigenvalue weighted by Crippen LogP contribution is -2.49. The first-order chi connectivity index (χ1) is 13.7. The maximum absolute atomic E-state index is 6.13. The number of benzene rings is 1. The molecule has 1 saturated heterocycles. The van der Waals surface area contributed by atoms with Gasteiger partial charge in [0.05, 0.1) is 0 Å². The number of aliphatic imine (C=N–C) groups is 1. The number of nitrogens with zero attached hydrogens (tertiary/aromatic N) is 2. The highest BCUT2D eigenvalue weighted by atomic mass is 16.5. The number of para-hydroxylation sites is 1. The smallest absolute Gasteiger partial charge is 0.193 e. The van der Waals surface area contributed by atoms with Gasteiger partial charge < -0.3 is 19.7 Å². The third-order valence-corrected chi connectivity index (χ3v) is 6.27. The molecule has 0 spiro atoms. The fraction of sp³-hybridized carbons (Fsp3) is 0.696. The molecule has 1 aliphatic carbocycles. The number of guanidine groups is 1. The molecular weight excluding hydrogens is 350 g/mol. The Bertz CT molecular complexity index is 591. The molecule has 5 heteroatoms. The molecule has 2 aliphatic rings. The van der Waals surface area contributed by atoms with Crippen LogP contribution >= 0.6 is 0 Å². The third kappa shape index (κ3) is 5.87. The zero-order valence-corrected chi connectivity index (χ0v) is 17.7. The van der Waals surface area contributed by atoms with Gasteiger partial charge in [0.25, 0.3) is 0 Å².